The van der Waals surface area contributed by atoms with Crippen LogP contribution in [0.5, 0.6) is 0 Å². The summed E-state index contributed by atoms with van der Waals surface area (Å²) in [4.78, 5) is 0. The molecule has 3 rings (SSSR count). The van der Waals surface area contributed by atoms with E-state index >= 15 is 0 Å². The molecule has 2 saturated heterocycles. The van der Waals surface area contributed by atoms with Crippen LogP contribution in [0.15, 0.2) is 24.3 Å². The minimum atomic E-state index is 0.0446. The summed E-state index contributed by atoms with van der Waals surface area (Å²) < 4.78 is 6.34. The van der Waals surface area contributed by atoms with Gasteiger partial charge in [-0.2, -0.15) is 0 Å². The molecule has 0 amide bonds. The van der Waals surface area contributed by atoms with Gasteiger partial charge in [-0.1, -0.05) is 24.3 Å². The maximum atomic E-state index is 6.06. The molecule has 0 radical (unpaired) electrons. The topological polar surface area (TPSA) is 9.23 Å². The second-order valence-corrected chi connectivity index (χ2v) is 5.83. The molecule has 14 heavy (non-hydrogen) atoms. The first-order chi connectivity index (χ1) is 6.87. The van der Waals surface area contributed by atoms with Gasteiger partial charge in [-0.3, -0.25) is 0 Å². The van der Waals surface area contributed by atoms with Crippen molar-refractivity contribution >= 4 is 11.8 Å². The first-order valence-electron chi connectivity index (χ1n) is 5.52. The van der Waals surface area contributed by atoms with Gasteiger partial charge in [0.05, 0.1) is 4.75 Å². The number of ether oxygens (including phenoxy) is 1. The third kappa shape index (κ3) is 1.07. The van der Waals surface area contributed by atoms with Crippen LogP contribution in [0, 0.1) is 0 Å². The lowest BCUT2D eigenvalue weighted by atomic mass is 9.78. The van der Waals surface area contributed by atoms with Crippen LogP contribution in [0.2, 0.25) is 0 Å². The Morgan fingerprint density at radius 2 is 2.00 bits per heavy atom. The van der Waals surface area contributed by atoms with Gasteiger partial charge in [0.25, 0.3) is 0 Å². The summed E-state index contributed by atoms with van der Waals surface area (Å²) in [6.07, 6.45) is 14.1. The number of fused-ring (bicyclic) bond motifs is 1. The van der Waals surface area contributed by atoms with E-state index < -0.39 is 0 Å². The highest BCUT2D eigenvalue weighted by Gasteiger charge is 2.53. The Labute approximate surface area is 89.6 Å². The zero-order valence-electron chi connectivity index (χ0n) is 8.37. The van der Waals surface area contributed by atoms with Gasteiger partial charge in [-0.25, -0.2) is 0 Å². The van der Waals surface area contributed by atoms with Gasteiger partial charge in [-0.05, 0) is 31.4 Å². The summed E-state index contributed by atoms with van der Waals surface area (Å²) in [6.45, 7) is 0.945. The van der Waals surface area contributed by atoms with Gasteiger partial charge < -0.3 is 4.74 Å². The van der Waals surface area contributed by atoms with E-state index in [1.54, 1.807) is 0 Å². The lowest BCUT2D eigenvalue weighted by molar-refractivity contribution is 0.0228. The van der Waals surface area contributed by atoms with Crippen molar-refractivity contribution in [1.82, 2.24) is 0 Å². The van der Waals surface area contributed by atoms with E-state index in [1.165, 1.54) is 31.4 Å². The lowest BCUT2D eigenvalue weighted by Gasteiger charge is -2.42. The van der Waals surface area contributed by atoms with E-state index in [-0.39, 0.29) is 10.3 Å². The summed E-state index contributed by atoms with van der Waals surface area (Å²) in [6, 6.07) is 0. The minimum Gasteiger partial charge on any atom is -0.369 e. The molecule has 0 N–H and O–H groups in total. The molecule has 2 spiro atoms. The Kier molecular flexibility index (Phi) is 2.03. The fourth-order valence-corrected chi connectivity index (χ4v) is 4.55. The first kappa shape index (κ1) is 9.05. The number of thioether (sulfide) groups is 1. The Bertz CT molecular complexity index is 251. The smallest absolute Gasteiger partial charge is 0.105 e. The zero-order valence-corrected chi connectivity index (χ0v) is 9.19. The molecule has 0 bridgehead atoms. The van der Waals surface area contributed by atoms with Crippen LogP contribution in [0.1, 0.15) is 25.7 Å². The lowest BCUT2D eigenvalue weighted by Crippen LogP contribution is -2.48. The van der Waals surface area contributed by atoms with Crippen molar-refractivity contribution in [3.05, 3.63) is 24.3 Å². The fourth-order valence-electron chi connectivity index (χ4n) is 2.96. The number of allylic oxidation sites excluding steroid dienone is 2. The van der Waals surface area contributed by atoms with Gasteiger partial charge >= 0.3 is 0 Å². The molecule has 0 unspecified atom stereocenters. The predicted octanol–water partition coefficient (Wildman–Crippen LogP) is 2.93. The average molecular weight is 208 g/mol. The maximum absolute atomic E-state index is 6.06. The van der Waals surface area contributed by atoms with E-state index in [2.05, 4.69) is 36.1 Å². The van der Waals surface area contributed by atoms with Crippen molar-refractivity contribution < 1.29 is 4.74 Å². The molecule has 2 aliphatic heterocycles. The third-order valence-corrected chi connectivity index (χ3v) is 5.36. The molecule has 2 heteroatoms. The molecule has 2 fully saturated rings. The van der Waals surface area contributed by atoms with Gasteiger partial charge in [0, 0.05) is 6.61 Å². The molecule has 76 valence electrons. The van der Waals surface area contributed by atoms with Crippen molar-refractivity contribution in [2.45, 2.75) is 36.0 Å². The largest absolute Gasteiger partial charge is 0.369 e. The second-order valence-electron chi connectivity index (χ2n) is 4.40. The fraction of sp³-hybridized carbons (Fsp3) is 0.667. The van der Waals surface area contributed by atoms with Crippen molar-refractivity contribution in [3.63, 3.8) is 0 Å². The van der Waals surface area contributed by atoms with E-state index in [4.69, 9.17) is 4.74 Å². The second kappa shape index (κ2) is 3.14. The van der Waals surface area contributed by atoms with Crippen molar-refractivity contribution in [2.24, 2.45) is 0 Å². The van der Waals surface area contributed by atoms with Crippen LogP contribution in [-0.4, -0.2) is 22.7 Å². The Hall–Kier alpha value is -0.210. The Morgan fingerprint density at radius 1 is 1.07 bits per heavy atom. The summed E-state index contributed by atoms with van der Waals surface area (Å²) in [7, 11) is 0. The number of rotatable bonds is 0. The van der Waals surface area contributed by atoms with Crippen molar-refractivity contribution in [2.75, 3.05) is 12.4 Å². The normalized spacial score (nSPS) is 45.7. The van der Waals surface area contributed by atoms with E-state index in [1.807, 2.05) is 0 Å². The SMILES string of the molecule is C1=C[C@@]2(CCCS2)[C@]2(C=C1)CCCO2. The van der Waals surface area contributed by atoms with Gasteiger partial charge in [0.15, 0.2) is 0 Å². The molecule has 1 aliphatic carbocycles. The van der Waals surface area contributed by atoms with Crippen LogP contribution in [-0.2, 0) is 4.74 Å². The summed E-state index contributed by atoms with van der Waals surface area (Å²) >= 11 is 2.10. The molecular formula is C12H16OS. The predicted molar refractivity (Wildman–Crippen MR) is 60.6 cm³/mol. The number of hydrogen-bond acceptors (Lipinski definition) is 2. The molecule has 2 heterocycles. The van der Waals surface area contributed by atoms with Gasteiger partial charge in [0.1, 0.15) is 5.60 Å². The zero-order chi connectivity index (χ0) is 9.49. The molecule has 2 atom stereocenters. The third-order valence-electron chi connectivity index (χ3n) is 3.66. The summed E-state index contributed by atoms with van der Waals surface area (Å²) in [5.74, 6) is 1.29. The van der Waals surface area contributed by atoms with Crippen molar-refractivity contribution in [3.8, 4) is 0 Å². The molecular weight excluding hydrogens is 192 g/mol. The summed E-state index contributed by atoms with van der Waals surface area (Å²) in [5, 5.41) is 0. The number of hydrogen-bond donors (Lipinski definition) is 0. The van der Waals surface area contributed by atoms with E-state index in [0.29, 0.717) is 0 Å². The monoisotopic (exact) mass is 208 g/mol. The molecule has 0 aromatic rings. The van der Waals surface area contributed by atoms with E-state index in [9.17, 15) is 0 Å². The minimum absolute atomic E-state index is 0.0446. The summed E-state index contributed by atoms with van der Waals surface area (Å²) in [5.41, 5.74) is 0.0446. The first-order valence-corrected chi connectivity index (χ1v) is 6.51. The van der Waals surface area contributed by atoms with E-state index in [0.717, 1.165) is 6.61 Å². The highest BCUT2D eigenvalue weighted by Crippen LogP contribution is 2.54. The van der Waals surface area contributed by atoms with Crippen molar-refractivity contribution in [1.29, 1.82) is 0 Å². The maximum Gasteiger partial charge on any atom is 0.105 e. The van der Waals surface area contributed by atoms with Crippen LogP contribution >= 0.6 is 11.8 Å². The van der Waals surface area contributed by atoms with Gasteiger partial charge in [0.2, 0.25) is 0 Å². The quantitative estimate of drug-likeness (QED) is 0.605. The van der Waals surface area contributed by atoms with Crippen LogP contribution in [0.4, 0.5) is 0 Å². The highest BCUT2D eigenvalue weighted by atomic mass is 32.2. The van der Waals surface area contributed by atoms with Crippen LogP contribution in [0.25, 0.3) is 0 Å². The highest BCUT2D eigenvalue weighted by molar-refractivity contribution is 8.01. The molecule has 0 aromatic carbocycles. The Balaban J connectivity index is 2.01. The molecule has 1 nitrogen and oxygen atoms in total. The standard InChI is InChI=1S/C12H16OS/c1-2-7-12(8-4-10-14-12)11(5-1)6-3-9-13-11/h1-2,5,7H,3-4,6,8-10H2/t11-,12+/m0/s1. The molecule has 0 aromatic heterocycles. The molecule has 3 aliphatic rings. The average Bonchev–Trinajstić information content (AvgIpc) is 2.81. The molecule has 0 saturated carbocycles. The van der Waals surface area contributed by atoms with Gasteiger partial charge in [-0.15, -0.1) is 11.8 Å². The van der Waals surface area contributed by atoms with Crippen LogP contribution < -0.4 is 0 Å². The Morgan fingerprint density at radius 3 is 2.71 bits per heavy atom. The van der Waals surface area contributed by atoms with Crippen LogP contribution in [0.3, 0.4) is 0 Å².